The molecule has 0 aliphatic heterocycles. The van der Waals surface area contributed by atoms with E-state index in [1.807, 2.05) is 6.20 Å². The molecule has 3 heterocycles. The summed E-state index contributed by atoms with van der Waals surface area (Å²) in [4.78, 5) is 10.3. The SMILES string of the molecule is c1cc(-c2cnc3c4ccccc4c4ccccc4c3n2)cc(-n2c3ccccc3c3cc(-n4c5ccccc5c5ccccc54)ccc32)c1. The molecule has 0 saturated carbocycles. The van der Waals surface area contributed by atoms with E-state index in [2.05, 4.69) is 173 Å². The Morgan fingerprint density at radius 1 is 0.340 bits per heavy atom. The van der Waals surface area contributed by atoms with Gasteiger partial charge in [0.1, 0.15) is 0 Å². The zero-order chi connectivity index (χ0) is 32.8. The molecule has 232 valence electrons. The molecule has 0 unspecified atom stereocenters. The van der Waals surface area contributed by atoms with Crippen molar-refractivity contribution in [2.24, 2.45) is 0 Å². The summed E-state index contributed by atoms with van der Waals surface area (Å²) in [5.74, 6) is 0. The minimum Gasteiger partial charge on any atom is -0.309 e. The summed E-state index contributed by atoms with van der Waals surface area (Å²) in [5.41, 5.74) is 10.7. The van der Waals surface area contributed by atoms with Crippen molar-refractivity contribution < 1.29 is 0 Å². The quantitative estimate of drug-likeness (QED) is 0.181. The monoisotopic (exact) mass is 636 g/mol. The predicted octanol–water partition coefficient (Wildman–Crippen LogP) is 11.8. The molecule has 4 heteroatoms. The molecule has 0 aliphatic rings. The molecule has 11 rings (SSSR count). The summed E-state index contributed by atoms with van der Waals surface area (Å²) in [7, 11) is 0. The zero-order valence-electron chi connectivity index (χ0n) is 27.0. The second kappa shape index (κ2) is 10.4. The van der Waals surface area contributed by atoms with E-state index in [4.69, 9.17) is 9.97 Å². The van der Waals surface area contributed by atoms with E-state index in [1.165, 1.54) is 48.9 Å². The van der Waals surface area contributed by atoms with Gasteiger partial charge in [-0.1, -0.05) is 115 Å². The Kier molecular flexibility index (Phi) is 5.63. The molecule has 0 spiro atoms. The maximum absolute atomic E-state index is 5.29. The topological polar surface area (TPSA) is 35.6 Å². The molecule has 50 heavy (non-hydrogen) atoms. The highest BCUT2D eigenvalue weighted by Gasteiger charge is 2.17. The number of nitrogens with zero attached hydrogens (tertiary/aromatic N) is 4. The average Bonchev–Trinajstić information content (AvgIpc) is 3.70. The van der Waals surface area contributed by atoms with Crippen LogP contribution >= 0.6 is 0 Å². The fraction of sp³-hybridized carbons (Fsp3) is 0. The molecular weight excluding hydrogens is 609 g/mol. The Balaban J connectivity index is 1.11. The molecule has 0 atom stereocenters. The fourth-order valence-corrected chi connectivity index (χ4v) is 8.15. The van der Waals surface area contributed by atoms with Gasteiger partial charge in [0, 0.05) is 49.3 Å². The molecule has 4 nitrogen and oxygen atoms in total. The lowest BCUT2D eigenvalue weighted by atomic mass is 9.99. The second-order valence-corrected chi connectivity index (χ2v) is 13.0. The van der Waals surface area contributed by atoms with E-state index in [0.717, 1.165) is 50.0 Å². The molecular formula is C46H28N4. The van der Waals surface area contributed by atoms with E-state index >= 15 is 0 Å². The zero-order valence-corrected chi connectivity index (χ0v) is 27.0. The number of hydrogen-bond donors (Lipinski definition) is 0. The highest BCUT2D eigenvalue weighted by atomic mass is 15.0. The van der Waals surface area contributed by atoms with E-state index < -0.39 is 0 Å². The Bertz CT molecular complexity index is 3080. The third-order valence-corrected chi connectivity index (χ3v) is 10.3. The van der Waals surface area contributed by atoms with E-state index in [0.29, 0.717) is 0 Å². The molecule has 0 aliphatic carbocycles. The number of rotatable bonds is 3. The van der Waals surface area contributed by atoms with Gasteiger partial charge in [-0.2, -0.15) is 0 Å². The summed E-state index contributed by atoms with van der Waals surface area (Å²) in [6.45, 7) is 0. The molecule has 11 aromatic rings. The summed E-state index contributed by atoms with van der Waals surface area (Å²) < 4.78 is 4.77. The molecule has 0 N–H and O–H groups in total. The van der Waals surface area contributed by atoms with E-state index in [1.54, 1.807) is 0 Å². The number of hydrogen-bond acceptors (Lipinski definition) is 2. The number of benzene rings is 8. The summed E-state index contributed by atoms with van der Waals surface area (Å²) in [6, 6.07) is 58.7. The van der Waals surface area contributed by atoms with Crippen molar-refractivity contribution in [3.05, 3.63) is 170 Å². The van der Waals surface area contributed by atoms with Crippen LogP contribution in [0.4, 0.5) is 0 Å². The molecule has 0 fully saturated rings. The average molecular weight is 637 g/mol. The third-order valence-electron chi connectivity index (χ3n) is 10.3. The molecule has 0 amide bonds. The standard InChI is InChI=1S/C46H28N4/c1-3-19-37-32(14-1)33-15-2-4-20-38(33)46-45(37)47-28-40(48-46)29-12-11-13-30(26-29)49-43-23-10-7-18-36(43)39-27-31(24-25-44(39)49)50-41-21-8-5-16-34(41)35-17-6-9-22-42(35)50/h1-28H. The molecule has 0 radical (unpaired) electrons. The van der Waals surface area contributed by atoms with Crippen molar-refractivity contribution in [2.75, 3.05) is 0 Å². The Morgan fingerprint density at radius 3 is 1.44 bits per heavy atom. The maximum Gasteiger partial charge on any atom is 0.0979 e. The van der Waals surface area contributed by atoms with Crippen molar-refractivity contribution in [2.45, 2.75) is 0 Å². The van der Waals surface area contributed by atoms with Crippen molar-refractivity contribution in [3.8, 4) is 22.6 Å². The number of fused-ring (bicyclic) bond motifs is 12. The Morgan fingerprint density at radius 2 is 0.820 bits per heavy atom. The van der Waals surface area contributed by atoms with Gasteiger partial charge in [-0.15, -0.1) is 0 Å². The Labute approximate surface area is 287 Å². The highest BCUT2D eigenvalue weighted by Crippen LogP contribution is 2.38. The van der Waals surface area contributed by atoms with Crippen LogP contribution in [0.15, 0.2) is 170 Å². The van der Waals surface area contributed by atoms with Crippen molar-refractivity contribution in [3.63, 3.8) is 0 Å². The largest absolute Gasteiger partial charge is 0.309 e. The van der Waals surface area contributed by atoms with Gasteiger partial charge in [-0.25, -0.2) is 4.98 Å². The van der Waals surface area contributed by atoms with Crippen LogP contribution in [-0.2, 0) is 0 Å². The van der Waals surface area contributed by atoms with Gasteiger partial charge in [0.25, 0.3) is 0 Å². The van der Waals surface area contributed by atoms with Crippen molar-refractivity contribution >= 4 is 76.2 Å². The lowest BCUT2D eigenvalue weighted by molar-refractivity contribution is 1.16. The first kappa shape index (κ1) is 27.2. The lowest BCUT2D eigenvalue weighted by Gasteiger charge is -2.12. The lowest BCUT2D eigenvalue weighted by Crippen LogP contribution is -1.97. The first-order valence-electron chi connectivity index (χ1n) is 17.0. The summed E-state index contributed by atoms with van der Waals surface area (Å²) >= 11 is 0. The highest BCUT2D eigenvalue weighted by molar-refractivity contribution is 6.23. The van der Waals surface area contributed by atoms with Crippen molar-refractivity contribution in [1.29, 1.82) is 0 Å². The fourth-order valence-electron chi connectivity index (χ4n) is 8.15. The molecule has 0 saturated heterocycles. The van der Waals surface area contributed by atoms with Gasteiger partial charge in [-0.3, -0.25) is 4.98 Å². The van der Waals surface area contributed by atoms with Gasteiger partial charge in [0.05, 0.1) is 45.0 Å². The van der Waals surface area contributed by atoms with Gasteiger partial charge < -0.3 is 9.13 Å². The van der Waals surface area contributed by atoms with E-state index in [9.17, 15) is 0 Å². The third kappa shape index (κ3) is 3.81. The first-order chi connectivity index (χ1) is 24.8. The predicted molar refractivity (Wildman–Crippen MR) is 209 cm³/mol. The van der Waals surface area contributed by atoms with Gasteiger partial charge >= 0.3 is 0 Å². The van der Waals surface area contributed by atoms with Crippen LogP contribution in [0.25, 0.3) is 98.8 Å². The first-order valence-corrected chi connectivity index (χ1v) is 17.0. The molecule has 3 aromatic heterocycles. The summed E-state index contributed by atoms with van der Waals surface area (Å²) in [5, 5.41) is 9.61. The van der Waals surface area contributed by atoms with Gasteiger partial charge in [-0.05, 0) is 59.3 Å². The minimum absolute atomic E-state index is 0.856. The van der Waals surface area contributed by atoms with Crippen LogP contribution < -0.4 is 0 Å². The van der Waals surface area contributed by atoms with Crippen molar-refractivity contribution in [1.82, 2.24) is 19.1 Å². The normalized spacial score (nSPS) is 12.0. The van der Waals surface area contributed by atoms with Crippen LogP contribution in [0.1, 0.15) is 0 Å². The van der Waals surface area contributed by atoms with Gasteiger partial charge in [0.15, 0.2) is 0 Å². The van der Waals surface area contributed by atoms with E-state index in [-0.39, 0.29) is 0 Å². The Hall–Kier alpha value is -6.78. The van der Waals surface area contributed by atoms with Crippen LogP contribution in [0, 0.1) is 0 Å². The van der Waals surface area contributed by atoms with Crippen LogP contribution in [-0.4, -0.2) is 19.1 Å². The maximum atomic E-state index is 5.29. The smallest absolute Gasteiger partial charge is 0.0979 e. The number of aromatic nitrogens is 4. The van der Waals surface area contributed by atoms with Crippen LogP contribution in [0.5, 0.6) is 0 Å². The van der Waals surface area contributed by atoms with Gasteiger partial charge in [0.2, 0.25) is 0 Å². The minimum atomic E-state index is 0.856. The van der Waals surface area contributed by atoms with Crippen LogP contribution in [0.2, 0.25) is 0 Å². The second-order valence-electron chi connectivity index (χ2n) is 13.0. The molecule has 8 aromatic carbocycles. The number of para-hydroxylation sites is 3. The molecule has 0 bridgehead atoms. The summed E-state index contributed by atoms with van der Waals surface area (Å²) in [6.07, 6.45) is 1.92. The van der Waals surface area contributed by atoms with Crippen LogP contribution in [0.3, 0.4) is 0 Å².